The Balaban J connectivity index is 1.88. The van der Waals surface area contributed by atoms with E-state index in [9.17, 15) is 4.79 Å². The van der Waals surface area contributed by atoms with Crippen molar-refractivity contribution in [2.24, 2.45) is 0 Å². The Labute approximate surface area is 128 Å². The van der Waals surface area contributed by atoms with Gasteiger partial charge in [0.05, 0.1) is 19.8 Å². The fraction of sp³-hybridized carbons (Fsp3) is 0.938. The van der Waals surface area contributed by atoms with Gasteiger partial charge >= 0.3 is 5.97 Å². The number of hydrogen-bond acceptors (Lipinski definition) is 5. The Kier molecular flexibility index (Phi) is 6.45. The summed E-state index contributed by atoms with van der Waals surface area (Å²) >= 11 is 0. The van der Waals surface area contributed by atoms with E-state index in [2.05, 4.69) is 24.1 Å². The number of fused-ring (bicyclic) bond motifs is 1. The van der Waals surface area contributed by atoms with E-state index in [1.165, 1.54) is 32.8 Å². The molecule has 1 N–H and O–H groups in total. The maximum atomic E-state index is 11.9. The Morgan fingerprint density at radius 2 is 2.14 bits per heavy atom. The molecular formula is C16H30N2O3. The molecule has 0 radical (unpaired) electrons. The van der Waals surface area contributed by atoms with Crippen molar-refractivity contribution in [1.82, 2.24) is 10.2 Å². The van der Waals surface area contributed by atoms with Crippen molar-refractivity contribution < 1.29 is 14.3 Å². The Morgan fingerprint density at radius 3 is 2.86 bits per heavy atom. The number of nitrogens with zero attached hydrogens (tertiary/aromatic N) is 1. The molecule has 2 rings (SSSR count). The van der Waals surface area contributed by atoms with Crippen LogP contribution in [0.25, 0.3) is 0 Å². The summed E-state index contributed by atoms with van der Waals surface area (Å²) in [6.45, 7) is 6.85. The third-order valence-corrected chi connectivity index (χ3v) is 4.57. The number of carbonyl (C=O) groups excluding carboxylic acids is 1. The summed E-state index contributed by atoms with van der Waals surface area (Å²) < 4.78 is 10.8. The van der Waals surface area contributed by atoms with Crippen molar-refractivity contribution in [1.29, 1.82) is 0 Å². The van der Waals surface area contributed by atoms with Gasteiger partial charge in [-0.25, -0.2) is 0 Å². The first-order chi connectivity index (χ1) is 10.1. The van der Waals surface area contributed by atoms with Gasteiger partial charge in [0, 0.05) is 25.2 Å². The Hall–Kier alpha value is -0.650. The topological polar surface area (TPSA) is 50.8 Å². The van der Waals surface area contributed by atoms with Gasteiger partial charge in [-0.3, -0.25) is 9.69 Å². The molecule has 0 spiro atoms. The van der Waals surface area contributed by atoms with Crippen LogP contribution >= 0.6 is 0 Å². The third kappa shape index (κ3) is 4.66. The molecule has 2 aliphatic rings. The molecule has 21 heavy (non-hydrogen) atoms. The van der Waals surface area contributed by atoms with Gasteiger partial charge in [0.15, 0.2) is 0 Å². The Bertz CT molecular complexity index is 333. The van der Waals surface area contributed by atoms with E-state index in [1.54, 1.807) is 0 Å². The minimum Gasteiger partial charge on any atom is -0.468 e. The van der Waals surface area contributed by atoms with Crippen LogP contribution in [0.5, 0.6) is 0 Å². The van der Waals surface area contributed by atoms with E-state index in [0.29, 0.717) is 12.1 Å². The molecule has 0 aromatic rings. The minimum absolute atomic E-state index is 0.155. The third-order valence-electron chi connectivity index (χ3n) is 4.57. The Morgan fingerprint density at radius 1 is 1.38 bits per heavy atom. The van der Waals surface area contributed by atoms with Crippen LogP contribution < -0.4 is 5.32 Å². The summed E-state index contributed by atoms with van der Waals surface area (Å²) in [7, 11) is 1.46. The van der Waals surface area contributed by atoms with Gasteiger partial charge in [-0.05, 0) is 19.3 Å². The number of nitrogens with one attached hydrogen (secondary N) is 1. The second-order valence-corrected chi connectivity index (χ2v) is 6.48. The number of carbonyl (C=O) groups is 1. The normalized spacial score (nSPS) is 28.2. The predicted octanol–water partition coefficient (Wildman–Crippen LogP) is 1.56. The highest BCUT2D eigenvalue weighted by Crippen LogP contribution is 2.28. The average Bonchev–Trinajstić information content (AvgIpc) is 2.50. The molecule has 0 aromatic heterocycles. The van der Waals surface area contributed by atoms with Crippen molar-refractivity contribution in [2.75, 3.05) is 26.8 Å². The summed E-state index contributed by atoms with van der Waals surface area (Å²) in [5, 5.41) is 3.31. The van der Waals surface area contributed by atoms with Gasteiger partial charge in [0.2, 0.25) is 0 Å². The number of rotatable bonds is 6. The van der Waals surface area contributed by atoms with Crippen LogP contribution in [0.4, 0.5) is 0 Å². The quantitative estimate of drug-likeness (QED) is 0.754. The first-order valence-electron chi connectivity index (χ1n) is 8.31. The zero-order chi connectivity index (χ0) is 15.2. The molecule has 2 fully saturated rings. The largest absolute Gasteiger partial charge is 0.468 e. The second-order valence-electron chi connectivity index (χ2n) is 6.48. The zero-order valence-corrected chi connectivity index (χ0v) is 13.6. The van der Waals surface area contributed by atoms with E-state index in [1.807, 2.05) is 0 Å². The van der Waals surface area contributed by atoms with E-state index in [-0.39, 0.29) is 18.1 Å². The number of morpholine rings is 1. The molecule has 1 aliphatic heterocycles. The van der Waals surface area contributed by atoms with Crippen molar-refractivity contribution in [3.8, 4) is 0 Å². The monoisotopic (exact) mass is 298 g/mol. The average molecular weight is 298 g/mol. The van der Waals surface area contributed by atoms with E-state index in [4.69, 9.17) is 9.47 Å². The maximum absolute atomic E-state index is 11.9. The van der Waals surface area contributed by atoms with Crippen molar-refractivity contribution in [3.63, 3.8) is 0 Å². The van der Waals surface area contributed by atoms with Gasteiger partial charge in [0.1, 0.15) is 6.04 Å². The van der Waals surface area contributed by atoms with Gasteiger partial charge in [-0.1, -0.05) is 26.7 Å². The van der Waals surface area contributed by atoms with Gasteiger partial charge in [0.25, 0.3) is 0 Å². The SMILES string of the molecule is COC(=O)C(CCN1CCOC2CCCCC21)NC(C)C. The van der Waals surface area contributed by atoms with Crippen LogP contribution in [0.2, 0.25) is 0 Å². The molecule has 0 aromatic carbocycles. The smallest absolute Gasteiger partial charge is 0.322 e. The van der Waals surface area contributed by atoms with Crippen LogP contribution in [-0.2, 0) is 14.3 Å². The number of esters is 1. The zero-order valence-electron chi connectivity index (χ0n) is 13.6. The molecule has 0 amide bonds. The van der Waals surface area contributed by atoms with E-state index < -0.39 is 0 Å². The molecule has 1 saturated heterocycles. The molecular weight excluding hydrogens is 268 g/mol. The highest BCUT2D eigenvalue weighted by molar-refractivity contribution is 5.75. The highest BCUT2D eigenvalue weighted by atomic mass is 16.5. The molecule has 1 aliphatic carbocycles. The molecule has 5 heteroatoms. The second kappa shape index (κ2) is 8.11. The van der Waals surface area contributed by atoms with Crippen LogP contribution in [0.3, 0.4) is 0 Å². The van der Waals surface area contributed by atoms with E-state index in [0.717, 1.165) is 26.1 Å². The van der Waals surface area contributed by atoms with Crippen LogP contribution in [0.15, 0.2) is 0 Å². The molecule has 3 atom stereocenters. The molecule has 1 heterocycles. The first kappa shape index (κ1) is 16.7. The van der Waals surface area contributed by atoms with Crippen LogP contribution in [0.1, 0.15) is 46.0 Å². The number of methoxy groups -OCH3 is 1. The van der Waals surface area contributed by atoms with Gasteiger partial charge in [-0.15, -0.1) is 0 Å². The lowest BCUT2D eigenvalue weighted by Crippen LogP contribution is -2.54. The molecule has 0 bridgehead atoms. The molecule has 122 valence electrons. The lowest BCUT2D eigenvalue weighted by Gasteiger charge is -2.44. The predicted molar refractivity (Wildman–Crippen MR) is 82.3 cm³/mol. The molecule has 3 unspecified atom stereocenters. The summed E-state index contributed by atoms with van der Waals surface area (Å²) in [6.07, 6.45) is 6.20. The lowest BCUT2D eigenvalue weighted by atomic mass is 9.90. The number of hydrogen-bond donors (Lipinski definition) is 1. The molecule has 5 nitrogen and oxygen atoms in total. The fourth-order valence-corrected chi connectivity index (χ4v) is 3.56. The van der Waals surface area contributed by atoms with Gasteiger partial charge in [-0.2, -0.15) is 0 Å². The van der Waals surface area contributed by atoms with Crippen LogP contribution in [0, 0.1) is 0 Å². The van der Waals surface area contributed by atoms with Crippen molar-refractivity contribution in [3.05, 3.63) is 0 Å². The summed E-state index contributed by atoms with van der Waals surface area (Å²) in [5.74, 6) is -0.155. The van der Waals surface area contributed by atoms with Crippen molar-refractivity contribution >= 4 is 5.97 Å². The van der Waals surface area contributed by atoms with Crippen LogP contribution in [-0.4, -0.2) is 61.9 Å². The lowest BCUT2D eigenvalue weighted by molar-refractivity contribution is -0.144. The number of ether oxygens (including phenoxy) is 2. The summed E-state index contributed by atoms with van der Waals surface area (Å²) in [6, 6.07) is 0.617. The first-order valence-corrected chi connectivity index (χ1v) is 8.31. The van der Waals surface area contributed by atoms with E-state index >= 15 is 0 Å². The maximum Gasteiger partial charge on any atom is 0.322 e. The fourth-order valence-electron chi connectivity index (χ4n) is 3.56. The molecule has 1 saturated carbocycles. The minimum atomic E-state index is -0.208. The summed E-state index contributed by atoms with van der Waals surface area (Å²) in [5.41, 5.74) is 0. The standard InChI is InChI=1S/C16H30N2O3/c1-12(2)17-13(16(19)20-3)8-9-18-10-11-21-15-7-5-4-6-14(15)18/h12-15,17H,4-11H2,1-3H3. The highest BCUT2D eigenvalue weighted by Gasteiger charge is 2.34. The summed E-state index contributed by atoms with van der Waals surface area (Å²) in [4.78, 5) is 14.4. The van der Waals surface area contributed by atoms with Crippen molar-refractivity contribution in [2.45, 2.75) is 70.2 Å². The van der Waals surface area contributed by atoms with Gasteiger partial charge < -0.3 is 14.8 Å².